The summed E-state index contributed by atoms with van der Waals surface area (Å²) in [6, 6.07) is 24.2. The lowest BCUT2D eigenvalue weighted by atomic mass is 10.2. The third kappa shape index (κ3) is 3.99. The Labute approximate surface area is 177 Å². The number of anilines is 1. The van der Waals surface area contributed by atoms with Gasteiger partial charge in [0.1, 0.15) is 0 Å². The standard InChI is InChI=1S/C22H14Cl2N2OS/c23-16-12-11-15(19(24)14-16)13-20-21(27)26(18-9-5-2-6-10-18)22(28-20)25-17-7-3-1-4-8-17/h1-14H/b20-13+,25-22?. The molecule has 28 heavy (non-hydrogen) atoms. The third-order valence-electron chi connectivity index (χ3n) is 4.05. The molecular weight excluding hydrogens is 411 g/mol. The van der Waals surface area contributed by atoms with E-state index in [0.29, 0.717) is 20.1 Å². The zero-order valence-corrected chi connectivity index (χ0v) is 16.9. The Morgan fingerprint density at radius 2 is 1.57 bits per heavy atom. The summed E-state index contributed by atoms with van der Waals surface area (Å²) in [5.74, 6) is -0.142. The van der Waals surface area contributed by atoms with Crippen LogP contribution in [0.4, 0.5) is 11.4 Å². The molecule has 1 aliphatic heterocycles. The smallest absolute Gasteiger partial charge is 0.268 e. The zero-order chi connectivity index (χ0) is 19.5. The maximum atomic E-state index is 13.2. The second kappa shape index (κ2) is 8.23. The van der Waals surface area contributed by atoms with Crippen molar-refractivity contribution in [3.8, 4) is 0 Å². The fraction of sp³-hybridized carbons (Fsp3) is 0. The summed E-state index contributed by atoms with van der Waals surface area (Å²) < 4.78 is 0. The van der Waals surface area contributed by atoms with E-state index in [0.717, 1.165) is 16.9 Å². The lowest BCUT2D eigenvalue weighted by Crippen LogP contribution is -2.28. The van der Waals surface area contributed by atoms with Crippen molar-refractivity contribution in [1.82, 2.24) is 0 Å². The molecule has 1 fully saturated rings. The quantitative estimate of drug-likeness (QED) is 0.432. The number of nitrogens with zero attached hydrogens (tertiary/aromatic N) is 2. The summed E-state index contributed by atoms with van der Waals surface area (Å²) in [6.45, 7) is 0. The van der Waals surface area contributed by atoms with Crippen LogP contribution in [0.1, 0.15) is 5.56 Å². The number of para-hydroxylation sites is 2. The fourth-order valence-electron chi connectivity index (χ4n) is 2.73. The van der Waals surface area contributed by atoms with Crippen LogP contribution < -0.4 is 4.90 Å². The van der Waals surface area contributed by atoms with E-state index in [-0.39, 0.29) is 5.91 Å². The van der Waals surface area contributed by atoms with Crippen LogP contribution in [0.3, 0.4) is 0 Å². The number of hydrogen-bond acceptors (Lipinski definition) is 3. The van der Waals surface area contributed by atoms with Crippen molar-refractivity contribution in [2.45, 2.75) is 0 Å². The highest BCUT2D eigenvalue weighted by atomic mass is 35.5. The largest absolute Gasteiger partial charge is 0.271 e. The number of thioether (sulfide) groups is 1. The Kier molecular flexibility index (Phi) is 5.53. The molecule has 4 rings (SSSR count). The van der Waals surface area contributed by atoms with Crippen LogP contribution in [0.25, 0.3) is 6.08 Å². The summed E-state index contributed by atoms with van der Waals surface area (Å²) in [6.07, 6.45) is 1.77. The van der Waals surface area contributed by atoms with Gasteiger partial charge in [-0.2, -0.15) is 0 Å². The average Bonchev–Trinajstić information content (AvgIpc) is 3.00. The van der Waals surface area contributed by atoms with Gasteiger partial charge in [0.25, 0.3) is 5.91 Å². The number of hydrogen-bond donors (Lipinski definition) is 0. The summed E-state index contributed by atoms with van der Waals surface area (Å²) in [4.78, 5) is 20.0. The average molecular weight is 425 g/mol. The van der Waals surface area contributed by atoms with Crippen LogP contribution in [0.5, 0.6) is 0 Å². The lowest BCUT2D eigenvalue weighted by molar-refractivity contribution is -0.113. The summed E-state index contributed by atoms with van der Waals surface area (Å²) in [7, 11) is 0. The molecule has 6 heteroatoms. The lowest BCUT2D eigenvalue weighted by Gasteiger charge is -2.15. The Morgan fingerprint density at radius 3 is 2.25 bits per heavy atom. The van der Waals surface area contributed by atoms with Gasteiger partial charge in [0.15, 0.2) is 5.17 Å². The van der Waals surface area contributed by atoms with Crippen LogP contribution in [-0.2, 0) is 4.79 Å². The monoisotopic (exact) mass is 424 g/mol. The van der Waals surface area contributed by atoms with Gasteiger partial charge in [-0.3, -0.25) is 9.69 Å². The normalized spacial score (nSPS) is 16.9. The number of amides is 1. The predicted octanol–water partition coefficient (Wildman–Crippen LogP) is 6.80. The van der Waals surface area contributed by atoms with Gasteiger partial charge in [0.2, 0.25) is 0 Å². The molecule has 3 aromatic carbocycles. The highest BCUT2D eigenvalue weighted by molar-refractivity contribution is 8.19. The molecule has 0 bridgehead atoms. The van der Waals surface area contributed by atoms with E-state index in [1.807, 2.05) is 60.7 Å². The van der Waals surface area contributed by atoms with E-state index >= 15 is 0 Å². The molecule has 1 amide bonds. The molecular formula is C22H14Cl2N2OS. The fourth-order valence-corrected chi connectivity index (χ4v) is 4.18. The number of halogens is 2. The Balaban J connectivity index is 1.78. The minimum atomic E-state index is -0.142. The number of amidine groups is 1. The van der Waals surface area contributed by atoms with Gasteiger partial charge in [0, 0.05) is 10.0 Å². The van der Waals surface area contributed by atoms with Gasteiger partial charge in [0.05, 0.1) is 16.3 Å². The maximum Gasteiger partial charge on any atom is 0.271 e. The maximum absolute atomic E-state index is 13.2. The van der Waals surface area contributed by atoms with Crippen LogP contribution >= 0.6 is 35.0 Å². The number of aliphatic imine (C=N–C) groups is 1. The van der Waals surface area contributed by atoms with Gasteiger partial charge < -0.3 is 0 Å². The third-order valence-corrected chi connectivity index (χ3v) is 5.58. The van der Waals surface area contributed by atoms with Gasteiger partial charge in [-0.1, -0.05) is 65.7 Å². The molecule has 0 atom stereocenters. The van der Waals surface area contributed by atoms with Crippen molar-refractivity contribution in [2.75, 3.05) is 4.90 Å². The molecule has 0 radical (unpaired) electrons. The molecule has 1 saturated heterocycles. The first kappa shape index (κ1) is 18.8. The van der Waals surface area contributed by atoms with E-state index in [4.69, 9.17) is 23.2 Å². The number of benzene rings is 3. The first-order valence-corrected chi connectivity index (χ1v) is 10.1. The molecule has 138 valence electrons. The van der Waals surface area contributed by atoms with Crippen LogP contribution in [0, 0.1) is 0 Å². The van der Waals surface area contributed by atoms with E-state index in [1.165, 1.54) is 11.8 Å². The van der Waals surface area contributed by atoms with Crippen molar-refractivity contribution in [1.29, 1.82) is 0 Å². The molecule has 1 aliphatic rings. The van der Waals surface area contributed by atoms with Crippen molar-refractivity contribution in [2.24, 2.45) is 4.99 Å². The SMILES string of the molecule is O=C1/C(=C\c2ccc(Cl)cc2Cl)SC(=Nc2ccccc2)N1c1ccccc1. The van der Waals surface area contributed by atoms with Gasteiger partial charge in [-0.25, -0.2) is 4.99 Å². The van der Waals surface area contributed by atoms with Gasteiger partial charge in [-0.05, 0) is 59.8 Å². The number of carbonyl (C=O) groups excluding carboxylic acids is 1. The Hall–Kier alpha value is -2.53. The number of carbonyl (C=O) groups is 1. The molecule has 0 aromatic heterocycles. The van der Waals surface area contributed by atoms with Crippen molar-refractivity contribution < 1.29 is 4.79 Å². The highest BCUT2D eigenvalue weighted by Gasteiger charge is 2.34. The molecule has 0 spiro atoms. The predicted molar refractivity (Wildman–Crippen MR) is 119 cm³/mol. The summed E-state index contributed by atoms with van der Waals surface area (Å²) >= 11 is 13.6. The Bertz CT molecular complexity index is 1080. The van der Waals surface area contributed by atoms with Crippen molar-refractivity contribution in [3.05, 3.63) is 99.4 Å². The first-order valence-electron chi connectivity index (χ1n) is 8.50. The molecule has 0 saturated carbocycles. The van der Waals surface area contributed by atoms with E-state index in [2.05, 4.69) is 4.99 Å². The van der Waals surface area contributed by atoms with Crippen LogP contribution in [-0.4, -0.2) is 11.1 Å². The zero-order valence-electron chi connectivity index (χ0n) is 14.5. The van der Waals surface area contributed by atoms with Crippen molar-refractivity contribution >= 4 is 63.5 Å². The van der Waals surface area contributed by atoms with E-state index < -0.39 is 0 Å². The molecule has 3 aromatic rings. The molecule has 0 N–H and O–H groups in total. The van der Waals surface area contributed by atoms with Crippen LogP contribution in [0.15, 0.2) is 88.8 Å². The Morgan fingerprint density at radius 1 is 0.893 bits per heavy atom. The second-order valence-corrected chi connectivity index (χ2v) is 7.84. The van der Waals surface area contributed by atoms with E-state index in [1.54, 1.807) is 29.2 Å². The van der Waals surface area contributed by atoms with Crippen molar-refractivity contribution in [3.63, 3.8) is 0 Å². The summed E-state index contributed by atoms with van der Waals surface area (Å²) in [5.41, 5.74) is 2.28. The second-order valence-electron chi connectivity index (χ2n) is 5.98. The summed E-state index contributed by atoms with van der Waals surface area (Å²) in [5, 5.41) is 1.64. The minimum absolute atomic E-state index is 0.142. The topological polar surface area (TPSA) is 32.7 Å². The van der Waals surface area contributed by atoms with Gasteiger partial charge in [-0.15, -0.1) is 0 Å². The minimum Gasteiger partial charge on any atom is -0.268 e. The molecule has 0 aliphatic carbocycles. The number of rotatable bonds is 3. The first-order chi connectivity index (χ1) is 13.6. The molecule has 0 unspecified atom stereocenters. The highest BCUT2D eigenvalue weighted by Crippen LogP contribution is 2.38. The van der Waals surface area contributed by atoms with E-state index in [9.17, 15) is 4.79 Å². The van der Waals surface area contributed by atoms with Crippen LogP contribution in [0.2, 0.25) is 10.0 Å². The molecule has 3 nitrogen and oxygen atoms in total. The molecule has 1 heterocycles. The van der Waals surface area contributed by atoms with Gasteiger partial charge >= 0.3 is 0 Å².